The molecule has 0 atom stereocenters. The molecule has 0 aliphatic heterocycles. The summed E-state index contributed by atoms with van der Waals surface area (Å²) in [4.78, 5) is 21.3. The number of nitrogens with zero attached hydrogens (tertiary/aromatic N) is 4. The Labute approximate surface area is 179 Å². The van der Waals surface area contributed by atoms with Crippen LogP contribution >= 0.6 is 11.3 Å². The predicted molar refractivity (Wildman–Crippen MR) is 110 cm³/mol. The number of alkyl halides is 3. The van der Waals surface area contributed by atoms with E-state index in [9.17, 15) is 18.0 Å². The molecule has 31 heavy (non-hydrogen) atoms. The maximum atomic E-state index is 12.7. The molecule has 0 spiro atoms. The normalized spacial score (nSPS) is 11.5. The van der Waals surface area contributed by atoms with Crippen LogP contribution < -0.4 is 5.32 Å². The summed E-state index contributed by atoms with van der Waals surface area (Å²) in [6.45, 7) is 2.02. The number of amides is 1. The summed E-state index contributed by atoms with van der Waals surface area (Å²) in [6, 6.07) is 12.2. The smallest absolute Gasteiger partial charge is 0.347 e. The van der Waals surface area contributed by atoms with Crippen LogP contribution in [-0.4, -0.2) is 25.7 Å². The number of aromatic nitrogens is 4. The number of carbonyl (C=O) groups is 1. The minimum atomic E-state index is -4.39. The molecule has 0 bridgehead atoms. The summed E-state index contributed by atoms with van der Waals surface area (Å²) in [6.07, 6.45) is -1.35. The largest absolute Gasteiger partial charge is 0.416 e. The van der Waals surface area contributed by atoms with Crippen molar-refractivity contribution in [3.05, 3.63) is 82.9 Å². The van der Waals surface area contributed by atoms with Gasteiger partial charge in [-0.15, -0.1) is 11.3 Å². The monoisotopic (exact) mass is 443 g/mol. The van der Waals surface area contributed by atoms with E-state index in [4.69, 9.17) is 0 Å². The van der Waals surface area contributed by atoms with Crippen LogP contribution in [0.5, 0.6) is 0 Å². The Kier molecular flexibility index (Phi) is 5.55. The highest BCUT2D eigenvalue weighted by Gasteiger charge is 2.30. The highest BCUT2D eigenvalue weighted by Crippen LogP contribution is 2.33. The van der Waals surface area contributed by atoms with E-state index in [0.29, 0.717) is 27.7 Å². The van der Waals surface area contributed by atoms with Gasteiger partial charge in [-0.1, -0.05) is 24.3 Å². The highest BCUT2D eigenvalue weighted by atomic mass is 32.1. The molecule has 0 saturated heterocycles. The second-order valence-electron chi connectivity index (χ2n) is 6.70. The quantitative estimate of drug-likeness (QED) is 0.488. The molecule has 1 N–H and O–H groups in total. The lowest BCUT2D eigenvalue weighted by atomic mass is 10.1. The van der Waals surface area contributed by atoms with Gasteiger partial charge in [0.2, 0.25) is 0 Å². The molecule has 2 aromatic heterocycles. The number of carbonyl (C=O) groups excluding carboxylic acids is 1. The van der Waals surface area contributed by atoms with Crippen LogP contribution in [0.4, 0.5) is 13.2 Å². The molecular weight excluding hydrogens is 427 g/mol. The van der Waals surface area contributed by atoms with Gasteiger partial charge in [0.1, 0.15) is 22.5 Å². The Morgan fingerprint density at radius 2 is 1.81 bits per heavy atom. The molecule has 0 radical (unpaired) electrons. The van der Waals surface area contributed by atoms with Gasteiger partial charge in [0.15, 0.2) is 0 Å². The summed E-state index contributed by atoms with van der Waals surface area (Å²) in [7, 11) is 0. The first-order valence-electron chi connectivity index (χ1n) is 9.18. The minimum absolute atomic E-state index is 0.284. The average Bonchev–Trinajstić information content (AvgIpc) is 3.42. The molecule has 1 amide bonds. The second kappa shape index (κ2) is 8.31. The van der Waals surface area contributed by atoms with Crippen molar-refractivity contribution < 1.29 is 18.0 Å². The van der Waals surface area contributed by atoms with Crippen LogP contribution in [0.3, 0.4) is 0 Å². The molecule has 0 fully saturated rings. The van der Waals surface area contributed by atoms with E-state index in [1.807, 2.05) is 24.3 Å². The topological polar surface area (TPSA) is 72.7 Å². The van der Waals surface area contributed by atoms with E-state index in [2.05, 4.69) is 20.4 Å². The number of nitrogens with one attached hydrogen (secondary N) is 1. The molecule has 0 aliphatic carbocycles. The van der Waals surface area contributed by atoms with Gasteiger partial charge in [0.25, 0.3) is 5.91 Å². The van der Waals surface area contributed by atoms with E-state index in [1.165, 1.54) is 18.5 Å². The summed E-state index contributed by atoms with van der Waals surface area (Å²) < 4.78 is 39.9. The van der Waals surface area contributed by atoms with Gasteiger partial charge in [0, 0.05) is 12.1 Å². The van der Waals surface area contributed by atoms with Crippen LogP contribution in [-0.2, 0) is 12.7 Å². The number of rotatable bonds is 5. The molecule has 10 heteroatoms. The van der Waals surface area contributed by atoms with E-state index in [1.54, 1.807) is 17.9 Å². The standard InChI is InChI=1S/C21H16F3N5OS/c1-13-18(31-20(28-13)15-4-6-16(7-5-15)21(22,23)24)19(30)26-10-14-2-8-17(9-3-14)29-12-25-11-27-29/h2-9,11-12H,10H2,1H3,(H,26,30). The van der Waals surface area contributed by atoms with Gasteiger partial charge >= 0.3 is 6.18 Å². The Bertz CT molecular complexity index is 1180. The zero-order valence-electron chi connectivity index (χ0n) is 16.2. The van der Waals surface area contributed by atoms with Gasteiger partial charge in [-0.2, -0.15) is 18.3 Å². The number of hydrogen-bond donors (Lipinski definition) is 1. The lowest BCUT2D eigenvalue weighted by Crippen LogP contribution is -2.22. The molecule has 158 valence electrons. The van der Waals surface area contributed by atoms with Crippen molar-refractivity contribution in [3.63, 3.8) is 0 Å². The zero-order chi connectivity index (χ0) is 22.0. The molecule has 2 heterocycles. The van der Waals surface area contributed by atoms with Gasteiger partial charge in [-0.05, 0) is 36.8 Å². The van der Waals surface area contributed by atoms with Crippen LogP contribution in [0.2, 0.25) is 0 Å². The first kappa shape index (κ1) is 20.7. The van der Waals surface area contributed by atoms with Crippen LogP contribution in [0, 0.1) is 6.92 Å². The molecule has 2 aromatic carbocycles. The third-order valence-corrected chi connectivity index (χ3v) is 5.74. The summed E-state index contributed by atoms with van der Waals surface area (Å²) in [5.74, 6) is -0.284. The van der Waals surface area contributed by atoms with Gasteiger partial charge in [0.05, 0.1) is 16.9 Å². The first-order valence-corrected chi connectivity index (χ1v) is 10.00. The van der Waals surface area contributed by atoms with Crippen LogP contribution in [0.25, 0.3) is 16.3 Å². The fraction of sp³-hybridized carbons (Fsp3) is 0.143. The van der Waals surface area contributed by atoms with Crippen molar-refractivity contribution in [1.29, 1.82) is 0 Å². The minimum Gasteiger partial charge on any atom is -0.347 e. The van der Waals surface area contributed by atoms with Crippen LogP contribution in [0.1, 0.15) is 26.5 Å². The SMILES string of the molecule is Cc1nc(-c2ccc(C(F)(F)F)cc2)sc1C(=O)NCc1ccc(-n2cncn2)cc1. The van der Waals surface area contributed by atoms with Gasteiger partial charge in [-0.3, -0.25) is 4.79 Å². The third kappa shape index (κ3) is 4.64. The number of thiazole rings is 1. The van der Waals surface area contributed by atoms with Crippen LogP contribution in [0.15, 0.2) is 61.2 Å². The molecule has 4 rings (SSSR count). The van der Waals surface area contributed by atoms with Gasteiger partial charge < -0.3 is 5.32 Å². The lowest BCUT2D eigenvalue weighted by molar-refractivity contribution is -0.137. The first-order chi connectivity index (χ1) is 14.8. The molecule has 0 unspecified atom stereocenters. The van der Waals surface area contributed by atoms with Crippen molar-refractivity contribution in [1.82, 2.24) is 25.1 Å². The number of benzene rings is 2. The van der Waals surface area contributed by atoms with Crippen molar-refractivity contribution >= 4 is 17.2 Å². The van der Waals surface area contributed by atoms with E-state index in [0.717, 1.165) is 34.7 Å². The van der Waals surface area contributed by atoms with Crippen molar-refractivity contribution in [2.45, 2.75) is 19.6 Å². The number of halogens is 3. The maximum absolute atomic E-state index is 12.7. The number of hydrogen-bond acceptors (Lipinski definition) is 5. The van der Waals surface area contributed by atoms with Gasteiger partial charge in [-0.25, -0.2) is 14.6 Å². The zero-order valence-corrected chi connectivity index (χ0v) is 17.0. The third-order valence-electron chi connectivity index (χ3n) is 4.53. The molecule has 0 saturated carbocycles. The second-order valence-corrected chi connectivity index (χ2v) is 7.70. The summed E-state index contributed by atoms with van der Waals surface area (Å²) >= 11 is 1.15. The molecule has 0 aliphatic rings. The van der Waals surface area contributed by atoms with Crippen molar-refractivity contribution in [2.24, 2.45) is 0 Å². The average molecular weight is 443 g/mol. The Morgan fingerprint density at radius 3 is 2.42 bits per heavy atom. The highest BCUT2D eigenvalue weighted by molar-refractivity contribution is 7.17. The maximum Gasteiger partial charge on any atom is 0.416 e. The summed E-state index contributed by atoms with van der Waals surface area (Å²) in [5.41, 5.74) is 2.09. The lowest BCUT2D eigenvalue weighted by Gasteiger charge is -2.06. The molecular formula is C21H16F3N5OS. The van der Waals surface area contributed by atoms with E-state index in [-0.39, 0.29) is 5.91 Å². The van der Waals surface area contributed by atoms with Crippen molar-refractivity contribution in [2.75, 3.05) is 0 Å². The summed E-state index contributed by atoms with van der Waals surface area (Å²) in [5, 5.41) is 7.40. The fourth-order valence-electron chi connectivity index (χ4n) is 2.90. The Balaban J connectivity index is 1.43. The van der Waals surface area contributed by atoms with E-state index < -0.39 is 11.7 Å². The molecule has 6 nitrogen and oxygen atoms in total. The fourth-order valence-corrected chi connectivity index (χ4v) is 3.89. The predicted octanol–water partition coefficient (Wildman–Crippen LogP) is 4.65. The molecule has 4 aromatic rings. The Hall–Kier alpha value is -3.53. The number of aryl methyl sites for hydroxylation is 1. The van der Waals surface area contributed by atoms with Crippen molar-refractivity contribution in [3.8, 4) is 16.3 Å². The van der Waals surface area contributed by atoms with E-state index >= 15 is 0 Å². The Morgan fingerprint density at radius 1 is 1.10 bits per heavy atom.